The number of nitrogens with zero attached hydrogens (tertiary/aromatic N) is 4. The minimum absolute atomic E-state index is 0.00154. The van der Waals surface area contributed by atoms with E-state index in [0.717, 1.165) is 11.4 Å². The number of nitro groups is 1. The van der Waals surface area contributed by atoms with Gasteiger partial charge in [-0.25, -0.2) is 15.4 Å². The number of carbonyl (C=O) groups excluding carboxylic acids is 1. The fourth-order valence-electron chi connectivity index (χ4n) is 2.30. The van der Waals surface area contributed by atoms with E-state index in [9.17, 15) is 14.9 Å². The average molecular weight is 389 g/mol. The van der Waals surface area contributed by atoms with Crippen molar-refractivity contribution in [2.45, 2.75) is 19.0 Å². The maximum Gasteiger partial charge on any atom is 0.282 e. The van der Waals surface area contributed by atoms with Gasteiger partial charge in [0.1, 0.15) is 0 Å². The SMILES string of the molecule is Cc1cc(C)nc(SCC(=O)NN=Cc2cc3c(cc2[N+](=O)[O-])OCO3)n1. The lowest BCUT2D eigenvalue weighted by atomic mass is 10.1. The number of thioether (sulfide) groups is 1. The van der Waals surface area contributed by atoms with Gasteiger partial charge in [0.2, 0.25) is 6.79 Å². The van der Waals surface area contributed by atoms with E-state index in [2.05, 4.69) is 20.5 Å². The molecule has 1 N–H and O–H groups in total. The maximum absolute atomic E-state index is 11.9. The van der Waals surface area contributed by atoms with Crippen LogP contribution in [0.5, 0.6) is 11.5 Å². The van der Waals surface area contributed by atoms with Gasteiger partial charge in [0.05, 0.1) is 28.5 Å². The first kappa shape index (κ1) is 18.6. The number of rotatable bonds is 6. The Labute approximate surface area is 158 Å². The average Bonchev–Trinajstić information content (AvgIpc) is 3.05. The monoisotopic (exact) mass is 389 g/mol. The quantitative estimate of drug-likeness (QED) is 0.261. The standard InChI is InChI=1S/C16H15N5O5S/c1-9-3-10(2)19-16(18-9)27-7-15(22)20-17-6-11-4-13-14(26-8-25-13)5-12(11)21(23)24/h3-6H,7-8H2,1-2H3,(H,20,22). The summed E-state index contributed by atoms with van der Waals surface area (Å²) in [4.78, 5) is 31.0. The third-order valence-corrected chi connectivity index (χ3v) is 4.25. The van der Waals surface area contributed by atoms with Gasteiger partial charge in [0.15, 0.2) is 16.7 Å². The van der Waals surface area contributed by atoms with Gasteiger partial charge in [-0.15, -0.1) is 0 Å². The first-order chi connectivity index (χ1) is 12.9. The topological polar surface area (TPSA) is 129 Å². The van der Waals surface area contributed by atoms with Crippen molar-refractivity contribution < 1.29 is 19.2 Å². The lowest BCUT2D eigenvalue weighted by molar-refractivity contribution is -0.385. The smallest absolute Gasteiger partial charge is 0.282 e. The molecular formula is C16H15N5O5S. The molecule has 0 saturated heterocycles. The number of aryl methyl sites for hydroxylation is 2. The van der Waals surface area contributed by atoms with E-state index in [1.165, 1.54) is 30.1 Å². The number of benzene rings is 1. The fourth-order valence-corrected chi connectivity index (χ4v) is 3.04. The van der Waals surface area contributed by atoms with E-state index in [1.807, 2.05) is 19.9 Å². The summed E-state index contributed by atoms with van der Waals surface area (Å²) in [7, 11) is 0. The largest absolute Gasteiger partial charge is 0.454 e. The Balaban J connectivity index is 1.61. The molecule has 10 nitrogen and oxygen atoms in total. The number of hydrogen-bond donors (Lipinski definition) is 1. The minimum atomic E-state index is -0.557. The molecule has 1 aliphatic rings. The molecular weight excluding hydrogens is 374 g/mol. The van der Waals surface area contributed by atoms with Gasteiger partial charge in [0, 0.05) is 11.4 Å². The number of hydrazone groups is 1. The van der Waals surface area contributed by atoms with E-state index in [1.54, 1.807) is 0 Å². The molecule has 0 saturated carbocycles. The first-order valence-corrected chi connectivity index (χ1v) is 8.76. The Morgan fingerprint density at radius 3 is 2.63 bits per heavy atom. The lowest BCUT2D eigenvalue weighted by Crippen LogP contribution is -2.20. The van der Waals surface area contributed by atoms with E-state index in [4.69, 9.17) is 9.47 Å². The molecule has 1 amide bonds. The molecule has 11 heteroatoms. The second-order valence-corrected chi connectivity index (χ2v) is 6.48. The number of ether oxygens (including phenoxy) is 2. The molecule has 1 aromatic carbocycles. The summed E-state index contributed by atoms with van der Waals surface area (Å²) < 4.78 is 10.3. The molecule has 0 aliphatic carbocycles. The predicted octanol–water partition coefficient (Wildman–Crippen LogP) is 1.97. The van der Waals surface area contributed by atoms with Crippen LogP contribution in [0, 0.1) is 24.0 Å². The molecule has 27 heavy (non-hydrogen) atoms. The molecule has 0 spiro atoms. The molecule has 0 bridgehead atoms. The molecule has 2 heterocycles. The van der Waals surface area contributed by atoms with Gasteiger partial charge in [0.25, 0.3) is 11.6 Å². The number of aromatic nitrogens is 2. The van der Waals surface area contributed by atoms with Crippen molar-refractivity contribution in [3.8, 4) is 11.5 Å². The van der Waals surface area contributed by atoms with Crippen molar-refractivity contribution in [2.75, 3.05) is 12.5 Å². The van der Waals surface area contributed by atoms with Crippen LogP contribution in [0.25, 0.3) is 0 Å². The molecule has 0 radical (unpaired) electrons. The van der Waals surface area contributed by atoms with Crippen molar-refractivity contribution in [3.05, 3.63) is 45.3 Å². The van der Waals surface area contributed by atoms with Crippen LogP contribution in [0.15, 0.2) is 28.5 Å². The van der Waals surface area contributed by atoms with Gasteiger partial charge < -0.3 is 9.47 Å². The molecule has 0 atom stereocenters. The molecule has 0 fully saturated rings. The number of nitrogens with one attached hydrogen (secondary N) is 1. The van der Waals surface area contributed by atoms with Gasteiger partial charge in [-0.2, -0.15) is 5.10 Å². The Hall–Kier alpha value is -3.21. The Bertz CT molecular complexity index is 913. The van der Waals surface area contributed by atoms with Crippen molar-refractivity contribution >= 4 is 29.6 Å². The summed E-state index contributed by atoms with van der Waals surface area (Å²) in [5.74, 6) is 0.356. The van der Waals surface area contributed by atoms with Gasteiger partial charge >= 0.3 is 0 Å². The van der Waals surface area contributed by atoms with Crippen molar-refractivity contribution in [1.82, 2.24) is 15.4 Å². The molecule has 1 aliphatic heterocycles. The molecule has 1 aromatic heterocycles. The predicted molar refractivity (Wildman–Crippen MR) is 97.2 cm³/mol. The van der Waals surface area contributed by atoms with Crippen LogP contribution in [0.2, 0.25) is 0 Å². The number of fused-ring (bicyclic) bond motifs is 1. The molecule has 3 rings (SSSR count). The van der Waals surface area contributed by atoms with Crippen molar-refractivity contribution in [2.24, 2.45) is 5.10 Å². The molecule has 0 unspecified atom stereocenters. The first-order valence-electron chi connectivity index (χ1n) is 7.77. The van der Waals surface area contributed by atoms with Crippen LogP contribution < -0.4 is 14.9 Å². The highest BCUT2D eigenvalue weighted by Crippen LogP contribution is 2.37. The van der Waals surface area contributed by atoms with Crippen LogP contribution >= 0.6 is 11.8 Å². The third-order valence-electron chi connectivity index (χ3n) is 3.41. The highest BCUT2D eigenvalue weighted by molar-refractivity contribution is 7.99. The maximum atomic E-state index is 11.9. The van der Waals surface area contributed by atoms with Crippen LogP contribution in [0.1, 0.15) is 17.0 Å². The minimum Gasteiger partial charge on any atom is -0.454 e. The summed E-state index contributed by atoms with van der Waals surface area (Å²) >= 11 is 1.17. The fraction of sp³-hybridized carbons (Fsp3) is 0.250. The van der Waals surface area contributed by atoms with Crippen LogP contribution in [0.3, 0.4) is 0 Å². The number of amides is 1. The number of nitro benzene ring substituents is 1. The van der Waals surface area contributed by atoms with E-state index < -0.39 is 4.92 Å². The molecule has 140 valence electrons. The second-order valence-electron chi connectivity index (χ2n) is 5.54. The summed E-state index contributed by atoms with van der Waals surface area (Å²) in [5, 5.41) is 15.5. The van der Waals surface area contributed by atoms with Gasteiger partial charge in [-0.1, -0.05) is 11.8 Å². The van der Waals surface area contributed by atoms with Gasteiger partial charge in [-0.3, -0.25) is 14.9 Å². The van der Waals surface area contributed by atoms with Crippen molar-refractivity contribution in [3.63, 3.8) is 0 Å². The summed E-state index contributed by atoms with van der Waals surface area (Å²) in [5.41, 5.74) is 3.95. The van der Waals surface area contributed by atoms with Crippen LogP contribution in [-0.4, -0.2) is 39.6 Å². The lowest BCUT2D eigenvalue weighted by Gasteiger charge is -2.03. The third kappa shape index (κ3) is 4.70. The second kappa shape index (κ2) is 7.99. The number of hydrogen-bond acceptors (Lipinski definition) is 9. The van der Waals surface area contributed by atoms with Crippen LogP contribution in [0.4, 0.5) is 5.69 Å². The van der Waals surface area contributed by atoms with E-state index >= 15 is 0 Å². The zero-order chi connectivity index (χ0) is 19.4. The summed E-state index contributed by atoms with van der Waals surface area (Å²) in [6.45, 7) is 3.70. The Kier molecular flexibility index (Phi) is 5.50. The Morgan fingerprint density at radius 2 is 1.96 bits per heavy atom. The molecule has 2 aromatic rings. The highest BCUT2D eigenvalue weighted by atomic mass is 32.2. The number of carbonyl (C=O) groups is 1. The zero-order valence-electron chi connectivity index (χ0n) is 14.5. The van der Waals surface area contributed by atoms with Crippen molar-refractivity contribution in [1.29, 1.82) is 0 Å². The zero-order valence-corrected chi connectivity index (χ0v) is 15.3. The summed E-state index contributed by atoms with van der Waals surface area (Å²) in [6, 6.07) is 4.54. The normalized spacial score (nSPS) is 12.4. The Morgan fingerprint density at radius 1 is 1.30 bits per heavy atom. The summed E-state index contributed by atoms with van der Waals surface area (Å²) in [6.07, 6.45) is 1.19. The van der Waals surface area contributed by atoms with Crippen LogP contribution in [-0.2, 0) is 4.79 Å². The van der Waals surface area contributed by atoms with Gasteiger partial charge in [-0.05, 0) is 26.0 Å². The van der Waals surface area contributed by atoms with E-state index in [-0.39, 0.29) is 29.7 Å². The van der Waals surface area contributed by atoms with E-state index in [0.29, 0.717) is 16.7 Å². The highest BCUT2D eigenvalue weighted by Gasteiger charge is 2.22.